The molecular weight excluding hydrogens is 228 g/mol. The van der Waals surface area contributed by atoms with E-state index < -0.39 is 0 Å². The second-order valence-corrected chi connectivity index (χ2v) is 7.13. The van der Waals surface area contributed by atoms with E-state index in [9.17, 15) is 5.26 Å². The van der Waals surface area contributed by atoms with Gasteiger partial charge in [0, 0.05) is 5.92 Å². The first-order chi connectivity index (χ1) is 8.40. The molecule has 3 rings (SSSR count). The fourth-order valence-electron chi connectivity index (χ4n) is 4.11. The minimum absolute atomic E-state index is 0.108. The van der Waals surface area contributed by atoms with E-state index in [0.717, 1.165) is 31.3 Å². The lowest BCUT2D eigenvalue weighted by molar-refractivity contribution is -0.276. The van der Waals surface area contributed by atoms with Gasteiger partial charge in [-0.3, -0.25) is 5.26 Å². The third-order valence-electron chi connectivity index (χ3n) is 5.70. The molecule has 0 amide bonds. The van der Waals surface area contributed by atoms with Gasteiger partial charge in [0.25, 0.3) is 0 Å². The molecule has 3 nitrogen and oxygen atoms in total. The number of hydrogen-bond acceptors (Lipinski definition) is 3. The predicted octanol–water partition coefficient (Wildman–Crippen LogP) is 3.40. The summed E-state index contributed by atoms with van der Waals surface area (Å²) in [6.07, 6.45) is 4.39. The van der Waals surface area contributed by atoms with Crippen molar-refractivity contribution in [3.63, 3.8) is 0 Å². The molecule has 0 aromatic heterocycles. The van der Waals surface area contributed by atoms with Crippen molar-refractivity contribution in [1.82, 2.24) is 0 Å². The second-order valence-electron chi connectivity index (χ2n) is 7.13. The maximum atomic E-state index is 9.20. The van der Waals surface area contributed by atoms with Crippen LogP contribution in [0.4, 0.5) is 0 Å². The number of hydrogen-bond donors (Lipinski definition) is 1. The van der Waals surface area contributed by atoms with E-state index in [2.05, 4.69) is 27.4 Å². The van der Waals surface area contributed by atoms with E-state index in [0.29, 0.717) is 17.9 Å². The molecule has 1 N–H and O–H groups in total. The summed E-state index contributed by atoms with van der Waals surface area (Å²) in [5, 5.41) is 9.20. The Balaban J connectivity index is 1.80. The Bertz CT molecular complexity index is 376. The summed E-state index contributed by atoms with van der Waals surface area (Å²) in [6.45, 7) is 10.9. The van der Waals surface area contributed by atoms with E-state index in [4.69, 9.17) is 9.62 Å². The molecule has 0 aromatic rings. The van der Waals surface area contributed by atoms with Crippen molar-refractivity contribution in [3.8, 4) is 0 Å². The van der Waals surface area contributed by atoms with E-state index in [1.165, 1.54) is 0 Å². The lowest BCUT2D eigenvalue weighted by Crippen LogP contribution is -2.21. The summed E-state index contributed by atoms with van der Waals surface area (Å²) < 4.78 is 5.84. The maximum absolute atomic E-state index is 9.20. The van der Waals surface area contributed by atoms with Crippen molar-refractivity contribution in [2.24, 2.45) is 17.3 Å². The number of ether oxygens (including phenoxy) is 1. The van der Waals surface area contributed by atoms with Crippen molar-refractivity contribution in [3.05, 3.63) is 12.2 Å². The maximum Gasteiger partial charge on any atom is 0.117 e. The molecular formula is C15H24O3. The quantitative estimate of drug-likeness (QED) is 0.336. The fourth-order valence-corrected chi connectivity index (χ4v) is 4.11. The summed E-state index contributed by atoms with van der Waals surface area (Å²) in [7, 11) is 0. The van der Waals surface area contributed by atoms with E-state index >= 15 is 0 Å². The monoisotopic (exact) mass is 252 g/mol. The predicted molar refractivity (Wildman–Crippen MR) is 69.1 cm³/mol. The largest absolute Gasteiger partial charge is 0.366 e. The zero-order valence-corrected chi connectivity index (χ0v) is 11.6. The smallest absolute Gasteiger partial charge is 0.117 e. The molecule has 3 fully saturated rings. The van der Waals surface area contributed by atoms with Crippen LogP contribution in [0.15, 0.2) is 12.2 Å². The fraction of sp³-hybridized carbons (Fsp3) is 0.867. The van der Waals surface area contributed by atoms with Crippen LogP contribution in [0.25, 0.3) is 0 Å². The zero-order valence-electron chi connectivity index (χ0n) is 11.6. The van der Waals surface area contributed by atoms with Gasteiger partial charge < -0.3 is 4.74 Å². The minimum Gasteiger partial charge on any atom is -0.366 e. The van der Waals surface area contributed by atoms with Crippen LogP contribution in [0.1, 0.15) is 46.5 Å². The Kier molecular flexibility index (Phi) is 2.68. The summed E-state index contributed by atoms with van der Waals surface area (Å²) in [6, 6.07) is 0. The zero-order chi connectivity index (χ0) is 13.1. The lowest BCUT2D eigenvalue weighted by Gasteiger charge is -2.18. The number of fused-ring (bicyclic) bond motifs is 2. The van der Waals surface area contributed by atoms with Crippen LogP contribution < -0.4 is 0 Å². The van der Waals surface area contributed by atoms with Gasteiger partial charge in [-0.05, 0) is 49.5 Å². The SMILES string of the molecule is C=C1CCC2OC2(C)CCC2C(C1OO)C2(C)C. The highest BCUT2D eigenvalue weighted by Crippen LogP contribution is 2.65. The minimum atomic E-state index is -0.187. The Labute approximate surface area is 109 Å². The van der Waals surface area contributed by atoms with Crippen molar-refractivity contribution in [2.45, 2.75) is 64.3 Å². The molecule has 0 radical (unpaired) electrons. The summed E-state index contributed by atoms with van der Waals surface area (Å²) in [5.74, 6) is 1.03. The van der Waals surface area contributed by atoms with Gasteiger partial charge in [0.15, 0.2) is 0 Å². The van der Waals surface area contributed by atoms with Gasteiger partial charge in [-0.25, -0.2) is 4.89 Å². The molecule has 1 aliphatic heterocycles. The van der Waals surface area contributed by atoms with E-state index in [-0.39, 0.29) is 17.1 Å². The molecule has 0 bridgehead atoms. The van der Waals surface area contributed by atoms with Gasteiger partial charge >= 0.3 is 0 Å². The van der Waals surface area contributed by atoms with Crippen LogP contribution in [0.3, 0.4) is 0 Å². The van der Waals surface area contributed by atoms with Gasteiger partial charge in [-0.1, -0.05) is 20.4 Å². The van der Waals surface area contributed by atoms with Gasteiger partial charge in [-0.2, -0.15) is 0 Å². The van der Waals surface area contributed by atoms with Gasteiger partial charge in [0.05, 0.1) is 11.7 Å². The van der Waals surface area contributed by atoms with Crippen LogP contribution in [0.5, 0.6) is 0 Å². The first kappa shape index (κ1) is 12.6. The Morgan fingerprint density at radius 2 is 2.06 bits per heavy atom. The Hall–Kier alpha value is -0.380. The number of epoxide rings is 1. The highest BCUT2D eigenvalue weighted by molar-refractivity contribution is 5.19. The first-order valence-corrected chi connectivity index (χ1v) is 7.06. The lowest BCUT2D eigenvalue weighted by atomic mass is 9.91. The Morgan fingerprint density at radius 3 is 2.72 bits per heavy atom. The van der Waals surface area contributed by atoms with E-state index in [1.807, 2.05) is 0 Å². The molecule has 102 valence electrons. The van der Waals surface area contributed by atoms with Crippen LogP contribution in [0, 0.1) is 17.3 Å². The van der Waals surface area contributed by atoms with Crippen LogP contribution in [0.2, 0.25) is 0 Å². The highest BCUT2D eigenvalue weighted by Gasteiger charge is 2.63. The second kappa shape index (κ2) is 3.81. The molecule has 1 saturated heterocycles. The van der Waals surface area contributed by atoms with Crippen LogP contribution >= 0.6 is 0 Å². The molecule has 18 heavy (non-hydrogen) atoms. The molecule has 0 spiro atoms. The third-order valence-corrected chi connectivity index (χ3v) is 5.70. The van der Waals surface area contributed by atoms with Crippen molar-refractivity contribution < 1.29 is 14.9 Å². The normalized spacial score (nSPS) is 50.1. The molecule has 2 saturated carbocycles. The molecule has 2 aliphatic carbocycles. The first-order valence-electron chi connectivity index (χ1n) is 7.06. The molecule has 3 aliphatic rings. The molecule has 5 unspecified atom stereocenters. The number of rotatable bonds is 1. The Morgan fingerprint density at radius 1 is 1.33 bits per heavy atom. The molecule has 5 atom stereocenters. The van der Waals surface area contributed by atoms with Crippen molar-refractivity contribution in [1.29, 1.82) is 0 Å². The topological polar surface area (TPSA) is 42.0 Å². The van der Waals surface area contributed by atoms with Gasteiger partial charge in [0.1, 0.15) is 6.10 Å². The van der Waals surface area contributed by atoms with Crippen molar-refractivity contribution >= 4 is 0 Å². The molecule has 1 heterocycles. The van der Waals surface area contributed by atoms with Crippen LogP contribution in [-0.4, -0.2) is 23.1 Å². The summed E-state index contributed by atoms with van der Waals surface area (Å²) in [4.78, 5) is 4.76. The highest BCUT2D eigenvalue weighted by atomic mass is 17.1. The average Bonchev–Trinajstić information content (AvgIpc) is 3.11. The van der Waals surface area contributed by atoms with Gasteiger partial charge in [0.2, 0.25) is 0 Å². The van der Waals surface area contributed by atoms with Crippen LogP contribution in [-0.2, 0) is 9.62 Å². The average molecular weight is 252 g/mol. The summed E-state index contributed by atoms with van der Waals surface area (Å²) >= 11 is 0. The third kappa shape index (κ3) is 1.75. The van der Waals surface area contributed by atoms with Crippen molar-refractivity contribution in [2.75, 3.05) is 0 Å². The summed E-state index contributed by atoms with van der Waals surface area (Å²) in [5.41, 5.74) is 1.38. The molecule has 3 heteroatoms. The van der Waals surface area contributed by atoms with E-state index in [1.54, 1.807) is 0 Å². The van der Waals surface area contributed by atoms with Gasteiger partial charge in [-0.15, -0.1) is 0 Å². The standard InChI is InChI=1S/C15H24O3/c1-9-5-6-11-15(4,17-11)8-7-10-12(13(9)18-16)14(10,2)3/h10-13,16H,1,5-8H2,2-4H3. The molecule has 0 aromatic carbocycles.